The van der Waals surface area contributed by atoms with Crippen LogP contribution in [0.3, 0.4) is 0 Å². The molecule has 0 aromatic heterocycles. The maximum Gasteiger partial charge on any atom is 0.226 e. The van der Waals surface area contributed by atoms with Crippen molar-refractivity contribution < 1.29 is 9.53 Å². The highest BCUT2D eigenvalue weighted by Crippen LogP contribution is 2.17. The van der Waals surface area contributed by atoms with E-state index < -0.39 is 0 Å². The monoisotopic (exact) mass is 354 g/mol. The highest BCUT2D eigenvalue weighted by molar-refractivity contribution is 5.85. The molecule has 1 aliphatic rings. The quantitative estimate of drug-likeness (QED) is 0.815. The van der Waals surface area contributed by atoms with Gasteiger partial charge in [0.05, 0.1) is 13.0 Å². The van der Waals surface area contributed by atoms with Crippen LogP contribution in [0.25, 0.3) is 0 Å². The minimum absolute atomic E-state index is 0. The summed E-state index contributed by atoms with van der Waals surface area (Å²) >= 11 is 0. The second kappa shape index (κ2) is 10.6. The fraction of sp³-hybridized carbons (Fsp3) is 0.632. The van der Waals surface area contributed by atoms with Gasteiger partial charge in [-0.3, -0.25) is 4.79 Å². The maximum absolute atomic E-state index is 12.6. The van der Waals surface area contributed by atoms with E-state index in [1.54, 1.807) is 0 Å². The standard InChI is InChI=1S/C19H30N2O2.ClH/c1-4-10-21(17-5-8-20-9-6-17)19(22)7-11-23-18-13-15(2)12-16(3)14-18;/h12-14,17,20H,4-11H2,1-3H3;1H. The van der Waals surface area contributed by atoms with Crippen LogP contribution in [0.1, 0.15) is 43.7 Å². The second-order valence-corrected chi connectivity index (χ2v) is 6.49. The van der Waals surface area contributed by atoms with Gasteiger partial charge in [-0.15, -0.1) is 12.4 Å². The Hall–Kier alpha value is -1.26. The molecule has 0 saturated carbocycles. The van der Waals surface area contributed by atoms with E-state index in [0.717, 1.165) is 44.6 Å². The maximum atomic E-state index is 12.6. The van der Waals surface area contributed by atoms with Gasteiger partial charge in [0, 0.05) is 12.6 Å². The molecular formula is C19H31ClN2O2. The Morgan fingerprint density at radius 1 is 1.21 bits per heavy atom. The van der Waals surface area contributed by atoms with E-state index in [4.69, 9.17) is 4.74 Å². The number of rotatable bonds is 7. The Morgan fingerprint density at radius 3 is 2.42 bits per heavy atom. The number of carbonyl (C=O) groups is 1. The van der Waals surface area contributed by atoms with Crippen molar-refractivity contribution in [3.05, 3.63) is 29.3 Å². The number of nitrogens with zero attached hydrogens (tertiary/aromatic N) is 1. The van der Waals surface area contributed by atoms with Gasteiger partial charge in [-0.05, 0) is 69.5 Å². The lowest BCUT2D eigenvalue weighted by atomic mass is 10.0. The zero-order chi connectivity index (χ0) is 16.7. The van der Waals surface area contributed by atoms with Crippen molar-refractivity contribution in [3.8, 4) is 5.75 Å². The molecule has 5 heteroatoms. The first kappa shape index (κ1) is 20.8. The normalized spacial score (nSPS) is 14.8. The summed E-state index contributed by atoms with van der Waals surface area (Å²) in [5.74, 6) is 1.09. The first-order chi connectivity index (χ1) is 11.1. The number of aryl methyl sites for hydroxylation is 2. The van der Waals surface area contributed by atoms with Crippen LogP contribution in [-0.4, -0.2) is 43.1 Å². The molecule has 1 fully saturated rings. The van der Waals surface area contributed by atoms with E-state index in [2.05, 4.69) is 37.1 Å². The van der Waals surface area contributed by atoms with E-state index in [-0.39, 0.29) is 18.3 Å². The summed E-state index contributed by atoms with van der Waals surface area (Å²) in [5.41, 5.74) is 2.38. The van der Waals surface area contributed by atoms with Crippen molar-refractivity contribution in [1.82, 2.24) is 10.2 Å². The number of carbonyl (C=O) groups excluding carboxylic acids is 1. The fourth-order valence-electron chi connectivity index (χ4n) is 3.29. The summed E-state index contributed by atoms with van der Waals surface area (Å²) in [7, 11) is 0. The molecule has 1 heterocycles. The van der Waals surface area contributed by atoms with E-state index in [1.807, 2.05) is 12.1 Å². The number of hydrogen-bond acceptors (Lipinski definition) is 3. The Kier molecular flexibility index (Phi) is 9.16. The lowest BCUT2D eigenvalue weighted by molar-refractivity contribution is -0.134. The number of nitrogens with one attached hydrogen (secondary N) is 1. The van der Waals surface area contributed by atoms with Crippen molar-refractivity contribution in [3.63, 3.8) is 0 Å². The van der Waals surface area contributed by atoms with Gasteiger partial charge in [-0.2, -0.15) is 0 Å². The molecule has 1 amide bonds. The minimum Gasteiger partial charge on any atom is -0.493 e. The van der Waals surface area contributed by atoms with E-state index in [0.29, 0.717) is 19.1 Å². The first-order valence-corrected chi connectivity index (χ1v) is 8.81. The van der Waals surface area contributed by atoms with Gasteiger partial charge in [0.1, 0.15) is 5.75 Å². The Bertz CT molecular complexity index is 496. The number of piperidine rings is 1. The second-order valence-electron chi connectivity index (χ2n) is 6.49. The van der Waals surface area contributed by atoms with Crippen molar-refractivity contribution in [2.24, 2.45) is 0 Å². The van der Waals surface area contributed by atoms with Gasteiger partial charge in [-0.1, -0.05) is 13.0 Å². The first-order valence-electron chi connectivity index (χ1n) is 8.81. The third kappa shape index (κ3) is 6.33. The molecule has 0 unspecified atom stereocenters. The topological polar surface area (TPSA) is 41.6 Å². The van der Waals surface area contributed by atoms with Crippen molar-refractivity contribution in [1.29, 1.82) is 0 Å². The molecule has 2 rings (SSSR count). The van der Waals surface area contributed by atoms with Gasteiger partial charge < -0.3 is 15.0 Å². The Balaban J connectivity index is 0.00000288. The number of halogens is 1. The number of amides is 1. The number of benzene rings is 1. The predicted molar refractivity (Wildman–Crippen MR) is 101 cm³/mol. The van der Waals surface area contributed by atoms with Crippen LogP contribution in [0.2, 0.25) is 0 Å². The van der Waals surface area contributed by atoms with Crippen molar-refractivity contribution in [2.75, 3.05) is 26.2 Å². The molecule has 4 nitrogen and oxygen atoms in total. The van der Waals surface area contributed by atoms with Crippen LogP contribution < -0.4 is 10.1 Å². The highest BCUT2D eigenvalue weighted by Gasteiger charge is 2.24. The van der Waals surface area contributed by atoms with Crippen LogP contribution in [0.5, 0.6) is 5.75 Å². The molecule has 0 spiro atoms. The largest absolute Gasteiger partial charge is 0.493 e. The van der Waals surface area contributed by atoms with Crippen LogP contribution in [-0.2, 0) is 4.79 Å². The molecule has 1 aromatic rings. The number of ether oxygens (including phenoxy) is 1. The van der Waals surface area contributed by atoms with Crippen LogP contribution in [0.15, 0.2) is 18.2 Å². The molecule has 0 atom stereocenters. The average Bonchev–Trinajstić information content (AvgIpc) is 2.52. The smallest absolute Gasteiger partial charge is 0.226 e. The SMILES string of the molecule is CCCN(C(=O)CCOc1cc(C)cc(C)c1)C1CCNCC1.Cl. The van der Waals surface area contributed by atoms with E-state index in [9.17, 15) is 4.79 Å². The van der Waals surface area contributed by atoms with Gasteiger partial charge in [0.15, 0.2) is 0 Å². The van der Waals surface area contributed by atoms with Gasteiger partial charge in [0.25, 0.3) is 0 Å². The third-order valence-electron chi connectivity index (χ3n) is 4.31. The zero-order valence-corrected chi connectivity index (χ0v) is 16.0. The summed E-state index contributed by atoms with van der Waals surface area (Å²) in [4.78, 5) is 14.7. The molecule has 136 valence electrons. The van der Waals surface area contributed by atoms with Crippen molar-refractivity contribution >= 4 is 18.3 Å². The van der Waals surface area contributed by atoms with E-state index in [1.165, 1.54) is 11.1 Å². The van der Waals surface area contributed by atoms with Gasteiger partial charge >= 0.3 is 0 Å². The summed E-state index contributed by atoms with van der Waals surface area (Å²) in [5, 5.41) is 3.36. The van der Waals surface area contributed by atoms with Crippen LogP contribution in [0, 0.1) is 13.8 Å². The minimum atomic E-state index is 0. The predicted octanol–water partition coefficient (Wildman–Crippen LogP) is 3.48. The molecule has 0 bridgehead atoms. The van der Waals surface area contributed by atoms with Crippen molar-refractivity contribution in [2.45, 2.75) is 52.5 Å². The summed E-state index contributed by atoms with van der Waals surface area (Å²) in [6, 6.07) is 6.56. The molecule has 1 aliphatic heterocycles. The molecule has 0 radical (unpaired) electrons. The highest BCUT2D eigenvalue weighted by atomic mass is 35.5. The molecule has 1 saturated heterocycles. The Morgan fingerprint density at radius 2 is 1.83 bits per heavy atom. The van der Waals surface area contributed by atoms with Gasteiger partial charge in [-0.25, -0.2) is 0 Å². The zero-order valence-electron chi connectivity index (χ0n) is 15.1. The summed E-state index contributed by atoms with van der Waals surface area (Å²) in [6.45, 7) is 9.58. The van der Waals surface area contributed by atoms with Crippen LogP contribution in [0.4, 0.5) is 0 Å². The van der Waals surface area contributed by atoms with Crippen LogP contribution >= 0.6 is 12.4 Å². The third-order valence-corrected chi connectivity index (χ3v) is 4.31. The fourth-order valence-corrected chi connectivity index (χ4v) is 3.29. The van der Waals surface area contributed by atoms with Gasteiger partial charge in [0.2, 0.25) is 5.91 Å². The Labute approximate surface area is 152 Å². The molecule has 24 heavy (non-hydrogen) atoms. The average molecular weight is 355 g/mol. The summed E-state index contributed by atoms with van der Waals surface area (Å²) < 4.78 is 5.79. The molecular weight excluding hydrogens is 324 g/mol. The molecule has 1 N–H and O–H groups in total. The molecule has 0 aliphatic carbocycles. The molecule has 1 aromatic carbocycles. The van der Waals surface area contributed by atoms with E-state index >= 15 is 0 Å². The summed E-state index contributed by atoms with van der Waals surface area (Å²) in [6.07, 6.45) is 3.58. The number of hydrogen-bond donors (Lipinski definition) is 1. The lowest BCUT2D eigenvalue weighted by Gasteiger charge is -2.34. The lowest BCUT2D eigenvalue weighted by Crippen LogP contribution is -2.46.